The lowest BCUT2D eigenvalue weighted by molar-refractivity contribution is -0.121. The first-order chi connectivity index (χ1) is 9.11. The van der Waals surface area contributed by atoms with Gasteiger partial charge in [0.05, 0.1) is 27.4 Å². The maximum absolute atomic E-state index is 12.2. The molecular formula is C14H20Cl2N2O2. The third-order valence-electron chi connectivity index (χ3n) is 2.89. The summed E-state index contributed by atoms with van der Waals surface area (Å²) in [6.07, 6.45) is 0. The number of hydrogen-bond acceptors (Lipinski definition) is 3. The van der Waals surface area contributed by atoms with Crippen LogP contribution in [-0.2, 0) is 4.79 Å². The molecule has 0 saturated carbocycles. The van der Waals surface area contributed by atoms with Crippen LogP contribution < -0.4 is 5.32 Å². The largest absolute Gasteiger partial charge is 0.389 e. The number of hydrogen-bond donors (Lipinski definition) is 2. The van der Waals surface area contributed by atoms with E-state index < -0.39 is 11.6 Å². The van der Waals surface area contributed by atoms with Gasteiger partial charge in [0.1, 0.15) is 0 Å². The van der Waals surface area contributed by atoms with Crippen LogP contribution in [0, 0.1) is 0 Å². The maximum atomic E-state index is 12.2. The molecule has 0 aliphatic carbocycles. The molecule has 0 aliphatic rings. The molecule has 0 saturated heterocycles. The van der Waals surface area contributed by atoms with E-state index in [0.29, 0.717) is 22.3 Å². The number of amides is 1. The van der Waals surface area contributed by atoms with Crippen LogP contribution in [0.4, 0.5) is 5.69 Å². The summed E-state index contributed by atoms with van der Waals surface area (Å²) in [6.45, 7) is 5.54. The van der Waals surface area contributed by atoms with Crippen molar-refractivity contribution in [3.8, 4) is 0 Å². The second kappa shape index (κ2) is 6.76. The average molecular weight is 319 g/mol. The fourth-order valence-corrected chi connectivity index (χ4v) is 2.13. The summed E-state index contributed by atoms with van der Waals surface area (Å²) in [5, 5.41) is 13.2. The lowest BCUT2D eigenvalue weighted by Crippen LogP contribution is -2.46. The molecule has 112 valence electrons. The molecular weight excluding hydrogens is 299 g/mol. The van der Waals surface area contributed by atoms with Crippen LogP contribution in [0.2, 0.25) is 10.0 Å². The molecule has 2 N–H and O–H groups in total. The molecule has 4 nitrogen and oxygen atoms in total. The Hall–Kier alpha value is -0.810. The lowest BCUT2D eigenvalue weighted by Gasteiger charge is -2.29. The molecule has 0 aromatic heterocycles. The van der Waals surface area contributed by atoms with E-state index in [1.165, 1.54) is 0 Å². The van der Waals surface area contributed by atoms with Gasteiger partial charge < -0.3 is 10.4 Å². The monoisotopic (exact) mass is 318 g/mol. The molecule has 0 fully saturated rings. The molecule has 1 aromatic carbocycles. The fourth-order valence-electron chi connectivity index (χ4n) is 1.78. The number of nitrogens with zero attached hydrogens (tertiary/aromatic N) is 1. The zero-order chi connectivity index (χ0) is 15.5. The van der Waals surface area contributed by atoms with Crippen LogP contribution in [0.1, 0.15) is 20.8 Å². The van der Waals surface area contributed by atoms with Gasteiger partial charge in [-0.3, -0.25) is 9.69 Å². The van der Waals surface area contributed by atoms with Gasteiger partial charge in [-0.25, -0.2) is 0 Å². The minimum absolute atomic E-state index is 0.207. The first-order valence-corrected chi connectivity index (χ1v) is 7.05. The van der Waals surface area contributed by atoms with Gasteiger partial charge >= 0.3 is 0 Å². The van der Waals surface area contributed by atoms with E-state index in [2.05, 4.69) is 5.32 Å². The SMILES string of the molecule is CC(C(=O)Nc1cccc(Cl)c1Cl)N(C)CC(C)(C)O. The Bertz CT molecular complexity index is 487. The summed E-state index contributed by atoms with van der Waals surface area (Å²) in [7, 11) is 1.78. The highest BCUT2D eigenvalue weighted by Gasteiger charge is 2.24. The Morgan fingerprint density at radius 1 is 1.45 bits per heavy atom. The smallest absolute Gasteiger partial charge is 0.241 e. The summed E-state index contributed by atoms with van der Waals surface area (Å²) in [5.41, 5.74) is -0.385. The minimum atomic E-state index is -0.864. The van der Waals surface area contributed by atoms with Gasteiger partial charge in [0, 0.05) is 6.54 Å². The molecule has 0 heterocycles. The van der Waals surface area contributed by atoms with Gasteiger partial charge in [-0.15, -0.1) is 0 Å². The molecule has 1 atom stereocenters. The highest BCUT2D eigenvalue weighted by Crippen LogP contribution is 2.29. The highest BCUT2D eigenvalue weighted by atomic mass is 35.5. The zero-order valence-electron chi connectivity index (χ0n) is 12.1. The van der Waals surface area contributed by atoms with Crippen molar-refractivity contribution in [2.24, 2.45) is 0 Å². The molecule has 1 aromatic rings. The third kappa shape index (κ3) is 4.94. The molecule has 0 bridgehead atoms. The Labute approximate surface area is 129 Å². The molecule has 0 aliphatic heterocycles. The summed E-state index contributed by atoms with van der Waals surface area (Å²) in [6, 6.07) is 4.66. The van der Waals surface area contributed by atoms with Crippen molar-refractivity contribution in [1.29, 1.82) is 0 Å². The van der Waals surface area contributed by atoms with Crippen molar-refractivity contribution in [3.63, 3.8) is 0 Å². The van der Waals surface area contributed by atoms with E-state index in [0.717, 1.165) is 0 Å². The standard InChI is InChI=1S/C14H20Cl2N2O2/c1-9(18(4)8-14(2,3)20)13(19)17-11-7-5-6-10(15)12(11)16/h5-7,9,20H,8H2,1-4H3,(H,17,19). The number of likely N-dealkylation sites (N-methyl/N-ethyl adjacent to an activating group) is 1. The van der Waals surface area contributed by atoms with Gasteiger partial charge in [-0.05, 0) is 40.0 Å². The van der Waals surface area contributed by atoms with Crippen molar-refractivity contribution in [2.45, 2.75) is 32.4 Å². The van der Waals surface area contributed by atoms with Crippen LogP contribution in [0.3, 0.4) is 0 Å². The maximum Gasteiger partial charge on any atom is 0.241 e. The summed E-state index contributed by atoms with van der Waals surface area (Å²) in [4.78, 5) is 13.9. The normalized spacial score (nSPS) is 13.4. The molecule has 0 radical (unpaired) electrons. The minimum Gasteiger partial charge on any atom is -0.389 e. The topological polar surface area (TPSA) is 52.6 Å². The molecule has 6 heteroatoms. The predicted molar refractivity (Wildman–Crippen MR) is 83.5 cm³/mol. The Morgan fingerprint density at radius 2 is 2.05 bits per heavy atom. The molecule has 1 unspecified atom stereocenters. The molecule has 1 rings (SSSR count). The van der Waals surface area contributed by atoms with Gasteiger partial charge in [-0.1, -0.05) is 29.3 Å². The number of anilines is 1. The first-order valence-electron chi connectivity index (χ1n) is 6.29. The van der Waals surface area contributed by atoms with Gasteiger partial charge in [-0.2, -0.15) is 0 Å². The Balaban J connectivity index is 2.73. The number of halogens is 2. The predicted octanol–water partition coefficient (Wildman–Crippen LogP) is 3.02. The van der Waals surface area contributed by atoms with E-state index in [4.69, 9.17) is 23.2 Å². The van der Waals surface area contributed by atoms with Crippen molar-refractivity contribution in [2.75, 3.05) is 18.9 Å². The second-order valence-corrected chi connectivity index (χ2v) is 6.28. The van der Waals surface area contributed by atoms with Gasteiger partial charge in [0.2, 0.25) is 5.91 Å². The fraction of sp³-hybridized carbons (Fsp3) is 0.500. The second-order valence-electron chi connectivity index (χ2n) is 5.49. The summed E-state index contributed by atoms with van der Waals surface area (Å²) in [5.74, 6) is -0.207. The number of benzene rings is 1. The Morgan fingerprint density at radius 3 is 2.60 bits per heavy atom. The molecule has 20 heavy (non-hydrogen) atoms. The average Bonchev–Trinajstić information content (AvgIpc) is 2.31. The van der Waals surface area contributed by atoms with Gasteiger partial charge in [0.25, 0.3) is 0 Å². The van der Waals surface area contributed by atoms with Crippen molar-refractivity contribution < 1.29 is 9.90 Å². The van der Waals surface area contributed by atoms with E-state index in [1.807, 2.05) is 0 Å². The van der Waals surface area contributed by atoms with Crippen LogP contribution in [-0.4, -0.2) is 41.1 Å². The quantitative estimate of drug-likeness (QED) is 0.877. The van der Waals surface area contributed by atoms with E-state index in [9.17, 15) is 9.90 Å². The molecule has 1 amide bonds. The number of rotatable bonds is 5. The first kappa shape index (κ1) is 17.2. The number of carbonyl (C=O) groups excluding carboxylic acids is 1. The summed E-state index contributed by atoms with van der Waals surface area (Å²) < 4.78 is 0. The van der Waals surface area contributed by atoms with Crippen LogP contribution in [0.25, 0.3) is 0 Å². The van der Waals surface area contributed by atoms with Crippen LogP contribution in [0.15, 0.2) is 18.2 Å². The van der Waals surface area contributed by atoms with E-state index >= 15 is 0 Å². The van der Waals surface area contributed by atoms with Gasteiger partial charge in [0.15, 0.2) is 0 Å². The van der Waals surface area contributed by atoms with Crippen molar-refractivity contribution >= 4 is 34.8 Å². The number of aliphatic hydroxyl groups is 1. The Kier molecular flexibility index (Phi) is 5.83. The van der Waals surface area contributed by atoms with Crippen LogP contribution >= 0.6 is 23.2 Å². The number of carbonyl (C=O) groups is 1. The molecule has 0 spiro atoms. The zero-order valence-corrected chi connectivity index (χ0v) is 13.6. The van der Waals surface area contributed by atoms with Crippen molar-refractivity contribution in [3.05, 3.63) is 28.2 Å². The highest BCUT2D eigenvalue weighted by molar-refractivity contribution is 6.44. The van der Waals surface area contributed by atoms with E-state index in [1.54, 1.807) is 50.9 Å². The van der Waals surface area contributed by atoms with Crippen molar-refractivity contribution in [1.82, 2.24) is 4.90 Å². The lowest BCUT2D eigenvalue weighted by atomic mass is 10.1. The number of nitrogens with one attached hydrogen (secondary N) is 1. The summed E-state index contributed by atoms with van der Waals surface area (Å²) >= 11 is 11.9. The van der Waals surface area contributed by atoms with Crippen LogP contribution in [0.5, 0.6) is 0 Å². The third-order valence-corrected chi connectivity index (χ3v) is 3.71. The van der Waals surface area contributed by atoms with E-state index in [-0.39, 0.29) is 5.91 Å².